The molecule has 0 aliphatic heterocycles. The predicted octanol–water partition coefficient (Wildman–Crippen LogP) is 3.78. The zero-order valence-electron chi connectivity index (χ0n) is 15.5. The Balaban J connectivity index is 1.59. The summed E-state index contributed by atoms with van der Waals surface area (Å²) in [5.74, 6) is 0.356. The van der Waals surface area contributed by atoms with Gasteiger partial charge in [0.2, 0.25) is 11.8 Å². The summed E-state index contributed by atoms with van der Waals surface area (Å²) < 4.78 is 0. The molecule has 0 atom stereocenters. The van der Waals surface area contributed by atoms with E-state index in [-0.39, 0.29) is 24.1 Å². The number of fused-ring (bicyclic) bond motifs is 1. The van der Waals surface area contributed by atoms with Gasteiger partial charge in [0, 0.05) is 12.4 Å². The lowest BCUT2D eigenvalue weighted by Crippen LogP contribution is -2.36. The molecule has 0 radical (unpaired) electrons. The van der Waals surface area contributed by atoms with Crippen molar-refractivity contribution in [3.63, 3.8) is 0 Å². The van der Waals surface area contributed by atoms with Crippen LogP contribution in [0.4, 0.5) is 5.69 Å². The number of carbonyl (C=O) groups is 2. The van der Waals surface area contributed by atoms with Gasteiger partial charge in [0.1, 0.15) is 10.9 Å². The van der Waals surface area contributed by atoms with Crippen molar-refractivity contribution in [1.82, 2.24) is 14.9 Å². The molecule has 3 aromatic rings. The second-order valence-electron chi connectivity index (χ2n) is 6.16. The zero-order chi connectivity index (χ0) is 20.1. The summed E-state index contributed by atoms with van der Waals surface area (Å²) >= 11 is 7.37. The standard InChI is InChI=1S/C20H19ClN4O2S/c1-13-22-16-9-5-3-7-14(16)20(23-13)28-12-19(27)25(2)11-18(26)24-17-10-6-4-8-15(17)21/h3-10H,11-12H2,1-2H3,(H,24,26). The van der Waals surface area contributed by atoms with Crippen LogP contribution in [0.5, 0.6) is 0 Å². The number of anilines is 1. The number of aromatic nitrogens is 2. The summed E-state index contributed by atoms with van der Waals surface area (Å²) in [4.78, 5) is 34.9. The van der Waals surface area contributed by atoms with E-state index >= 15 is 0 Å². The number of rotatable bonds is 6. The van der Waals surface area contributed by atoms with E-state index in [2.05, 4.69) is 15.3 Å². The molecule has 1 aromatic heterocycles. The molecule has 2 amide bonds. The molecule has 1 heterocycles. The van der Waals surface area contributed by atoms with Gasteiger partial charge in [-0.3, -0.25) is 9.59 Å². The number of nitrogens with one attached hydrogen (secondary N) is 1. The average Bonchev–Trinajstić information content (AvgIpc) is 2.67. The van der Waals surface area contributed by atoms with E-state index < -0.39 is 0 Å². The van der Waals surface area contributed by atoms with Gasteiger partial charge in [-0.05, 0) is 25.1 Å². The van der Waals surface area contributed by atoms with Crippen molar-refractivity contribution in [2.45, 2.75) is 11.9 Å². The maximum absolute atomic E-state index is 12.4. The van der Waals surface area contributed by atoms with Crippen LogP contribution in [0, 0.1) is 6.92 Å². The molecule has 0 saturated carbocycles. The molecule has 6 nitrogen and oxygen atoms in total. The smallest absolute Gasteiger partial charge is 0.244 e. The van der Waals surface area contributed by atoms with Crippen LogP contribution in [0.15, 0.2) is 53.6 Å². The lowest BCUT2D eigenvalue weighted by atomic mass is 10.2. The molecule has 0 aliphatic rings. The summed E-state index contributed by atoms with van der Waals surface area (Å²) in [7, 11) is 1.60. The van der Waals surface area contributed by atoms with Crippen molar-refractivity contribution in [2.75, 3.05) is 24.7 Å². The number of hydrogen-bond donors (Lipinski definition) is 1. The Morgan fingerprint density at radius 2 is 1.82 bits per heavy atom. The first-order valence-corrected chi connectivity index (χ1v) is 9.95. The Labute approximate surface area is 172 Å². The van der Waals surface area contributed by atoms with E-state index in [9.17, 15) is 9.59 Å². The first-order valence-electron chi connectivity index (χ1n) is 8.58. The van der Waals surface area contributed by atoms with E-state index in [0.29, 0.717) is 16.5 Å². The number of hydrogen-bond acceptors (Lipinski definition) is 5. The average molecular weight is 415 g/mol. The fourth-order valence-electron chi connectivity index (χ4n) is 2.56. The Morgan fingerprint density at radius 1 is 1.11 bits per heavy atom. The first-order chi connectivity index (χ1) is 13.4. The Kier molecular flexibility index (Phi) is 6.49. The van der Waals surface area contributed by atoms with Crippen LogP contribution in [0.1, 0.15) is 5.82 Å². The topological polar surface area (TPSA) is 75.2 Å². The largest absolute Gasteiger partial charge is 0.336 e. The summed E-state index contributed by atoms with van der Waals surface area (Å²) in [5, 5.41) is 4.82. The molecule has 0 aliphatic carbocycles. The molecular formula is C20H19ClN4O2S. The van der Waals surface area contributed by atoms with E-state index in [0.717, 1.165) is 15.9 Å². The van der Waals surface area contributed by atoms with Crippen LogP contribution >= 0.6 is 23.4 Å². The molecule has 8 heteroatoms. The van der Waals surface area contributed by atoms with Gasteiger partial charge < -0.3 is 10.2 Å². The van der Waals surface area contributed by atoms with Gasteiger partial charge in [-0.1, -0.05) is 53.7 Å². The molecular weight excluding hydrogens is 396 g/mol. The summed E-state index contributed by atoms with van der Waals surface area (Å²) in [6.45, 7) is 1.76. The third-order valence-electron chi connectivity index (χ3n) is 3.97. The highest BCUT2D eigenvalue weighted by Gasteiger charge is 2.15. The number of thioether (sulfide) groups is 1. The summed E-state index contributed by atoms with van der Waals surface area (Å²) in [6.07, 6.45) is 0. The van der Waals surface area contributed by atoms with E-state index in [4.69, 9.17) is 11.6 Å². The predicted molar refractivity (Wildman–Crippen MR) is 113 cm³/mol. The van der Waals surface area contributed by atoms with Gasteiger partial charge in [-0.25, -0.2) is 9.97 Å². The molecule has 0 bridgehead atoms. The molecule has 1 N–H and O–H groups in total. The van der Waals surface area contributed by atoms with Crippen molar-refractivity contribution in [3.05, 3.63) is 59.4 Å². The van der Waals surface area contributed by atoms with Crippen LogP contribution < -0.4 is 5.32 Å². The van der Waals surface area contributed by atoms with Crippen molar-refractivity contribution in [2.24, 2.45) is 0 Å². The normalized spacial score (nSPS) is 10.7. The van der Waals surface area contributed by atoms with Gasteiger partial charge in [-0.2, -0.15) is 0 Å². The number of halogens is 1. The molecule has 2 aromatic carbocycles. The second-order valence-corrected chi connectivity index (χ2v) is 7.53. The molecule has 28 heavy (non-hydrogen) atoms. The summed E-state index contributed by atoms with van der Waals surface area (Å²) in [6, 6.07) is 14.6. The third-order valence-corrected chi connectivity index (χ3v) is 5.27. The lowest BCUT2D eigenvalue weighted by molar-refractivity contribution is -0.131. The SMILES string of the molecule is Cc1nc(SCC(=O)N(C)CC(=O)Nc2ccccc2Cl)c2ccccc2n1. The Morgan fingerprint density at radius 3 is 2.61 bits per heavy atom. The quantitative estimate of drug-likeness (QED) is 0.490. The lowest BCUT2D eigenvalue weighted by Gasteiger charge is -2.17. The van der Waals surface area contributed by atoms with E-state index in [1.54, 1.807) is 31.3 Å². The van der Waals surface area contributed by atoms with Gasteiger partial charge >= 0.3 is 0 Å². The highest BCUT2D eigenvalue weighted by atomic mass is 35.5. The Bertz CT molecular complexity index is 1030. The number of likely N-dealkylation sites (N-methyl/N-ethyl adjacent to an activating group) is 1. The minimum atomic E-state index is -0.308. The van der Waals surface area contributed by atoms with Crippen molar-refractivity contribution in [3.8, 4) is 0 Å². The van der Waals surface area contributed by atoms with E-state index in [1.165, 1.54) is 16.7 Å². The van der Waals surface area contributed by atoms with Crippen LogP contribution in [-0.2, 0) is 9.59 Å². The monoisotopic (exact) mass is 414 g/mol. The molecule has 144 valence electrons. The van der Waals surface area contributed by atoms with Crippen LogP contribution in [-0.4, -0.2) is 46.0 Å². The van der Waals surface area contributed by atoms with Gasteiger partial charge in [0.25, 0.3) is 0 Å². The Hall–Kier alpha value is -2.64. The fourth-order valence-corrected chi connectivity index (χ4v) is 3.75. The second kappa shape index (κ2) is 9.03. The fraction of sp³-hybridized carbons (Fsp3) is 0.200. The number of benzene rings is 2. The molecule has 0 unspecified atom stereocenters. The highest BCUT2D eigenvalue weighted by Crippen LogP contribution is 2.25. The minimum absolute atomic E-state index is 0.0613. The van der Waals surface area contributed by atoms with Crippen molar-refractivity contribution < 1.29 is 9.59 Å². The number of amides is 2. The third kappa shape index (κ3) is 4.99. The number of nitrogens with zero attached hydrogens (tertiary/aromatic N) is 3. The molecule has 0 spiro atoms. The van der Waals surface area contributed by atoms with Gasteiger partial charge in [0.05, 0.1) is 28.5 Å². The molecule has 0 saturated heterocycles. The summed E-state index contributed by atoms with van der Waals surface area (Å²) in [5.41, 5.74) is 1.37. The highest BCUT2D eigenvalue weighted by molar-refractivity contribution is 8.00. The van der Waals surface area contributed by atoms with Crippen LogP contribution in [0.2, 0.25) is 5.02 Å². The van der Waals surface area contributed by atoms with Crippen molar-refractivity contribution >= 4 is 51.8 Å². The maximum Gasteiger partial charge on any atom is 0.244 e. The minimum Gasteiger partial charge on any atom is -0.336 e. The van der Waals surface area contributed by atoms with Gasteiger partial charge in [0.15, 0.2) is 0 Å². The molecule has 3 rings (SSSR count). The van der Waals surface area contributed by atoms with Crippen LogP contribution in [0.3, 0.4) is 0 Å². The van der Waals surface area contributed by atoms with E-state index in [1.807, 2.05) is 31.2 Å². The molecule has 0 fully saturated rings. The maximum atomic E-state index is 12.4. The zero-order valence-corrected chi connectivity index (χ0v) is 17.0. The number of para-hydroxylation sites is 2. The van der Waals surface area contributed by atoms with Crippen LogP contribution in [0.25, 0.3) is 10.9 Å². The van der Waals surface area contributed by atoms with Gasteiger partial charge in [-0.15, -0.1) is 0 Å². The number of aryl methyl sites for hydroxylation is 1. The van der Waals surface area contributed by atoms with Crippen molar-refractivity contribution in [1.29, 1.82) is 0 Å². The first kappa shape index (κ1) is 20.1. The number of carbonyl (C=O) groups excluding carboxylic acids is 2.